The topological polar surface area (TPSA) is 83.8 Å². The molecule has 0 saturated heterocycles. The molecule has 0 spiro atoms. The third-order valence-corrected chi connectivity index (χ3v) is 2.29. The van der Waals surface area contributed by atoms with Gasteiger partial charge in [0.05, 0.1) is 11.8 Å². The number of aromatic amines is 1. The monoisotopic (exact) mass is 216 g/mol. The molecule has 2 aromatic rings. The van der Waals surface area contributed by atoms with Gasteiger partial charge in [-0.05, 0) is 30.7 Å². The number of rotatable bonds is 2. The van der Waals surface area contributed by atoms with Crippen LogP contribution in [0.15, 0.2) is 30.6 Å². The van der Waals surface area contributed by atoms with Crippen LogP contribution >= 0.6 is 0 Å². The van der Waals surface area contributed by atoms with Crippen LogP contribution in [0.25, 0.3) is 0 Å². The Kier molecular flexibility index (Phi) is 2.59. The second-order valence-corrected chi connectivity index (χ2v) is 3.51. The largest absolute Gasteiger partial charge is 0.399 e. The Morgan fingerprint density at radius 2 is 2.31 bits per heavy atom. The second kappa shape index (κ2) is 4.06. The molecule has 1 amide bonds. The van der Waals surface area contributed by atoms with Gasteiger partial charge in [-0.3, -0.25) is 9.89 Å². The van der Waals surface area contributed by atoms with Gasteiger partial charge in [-0.15, -0.1) is 0 Å². The van der Waals surface area contributed by atoms with Gasteiger partial charge in [0.1, 0.15) is 0 Å². The molecular weight excluding hydrogens is 204 g/mol. The van der Waals surface area contributed by atoms with Crippen molar-refractivity contribution in [2.75, 3.05) is 11.1 Å². The molecule has 1 aromatic heterocycles. The highest BCUT2D eigenvalue weighted by atomic mass is 16.1. The molecule has 4 N–H and O–H groups in total. The lowest BCUT2D eigenvalue weighted by Crippen LogP contribution is -2.11. The van der Waals surface area contributed by atoms with E-state index in [1.165, 1.54) is 6.20 Å². The number of anilines is 2. The molecule has 0 fully saturated rings. The molecule has 1 aromatic carbocycles. The Hall–Kier alpha value is -2.30. The summed E-state index contributed by atoms with van der Waals surface area (Å²) in [4.78, 5) is 11.7. The number of H-pyrrole nitrogens is 1. The lowest BCUT2D eigenvalue weighted by Gasteiger charge is -2.06. The maximum atomic E-state index is 11.7. The summed E-state index contributed by atoms with van der Waals surface area (Å²) >= 11 is 0. The minimum Gasteiger partial charge on any atom is -0.399 e. The van der Waals surface area contributed by atoms with Gasteiger partial charge in [0.2, 0.25) is 0 Å². The first kappa shape index (κ1) is 10.2. The quantitative estimate of drug-likeness (QED) is 0.666. The predicted molar refractivity (Wildman–Crippen MR) is 62.1 cm³/mol. The normalized spacial score (nSPS) is 10.1. The molecule has 0 aliphatic carbocycles. The summed E-state index contributed by atoms with van der Waals surface area (Å²) in [7, 11) is 0. The lowest BCUT2D eigenvalue weighted by atomic mass is 10.2. The Morgan fingerprint density at radius 3 is 2.94 bits per heavy atom. The highest BCUT2D eigenvalue weighted by Gasteiger charge is 2.07. The molecular formula is C11H12N4O. The molecule has 0 bridgehead atoms. The smallest absolute Gasteiger partial charge is 0.258 e. The summed E-state index contributed by atoms with van der Waals surface area (Å²) in [6.07, 6.45) is 3.01. The molecule has 5 heteroatoms. The number of aryl methyl sites for hydroxylation is 1. The van der Waals surface area contributed by atoms with Crippen molar-refractivity contribution in [1.82, 2.24) is 10.2 Å². The summed E-state index contributed by atoms with van der Waals surface area (Å²) in [5.41, 5.74) is 8.55. The molecule has 0 atom stereocenters. The van der Waals surface area contributed by atoms with E-state index in [-0.39, 0.29) is 5.91 Å². The molecule has 0 aliphatic rings. The number of carbonyl (C=O) groups is 1. The van der Waals surface area contributed by atoms with Crippen molar-refractivity contribution < 1.29 is 4.79 Å². The Labute approximate surface area is 92.7 Å². The Balaban J connectivity index is 2.15. The first-order valence-electron chi connectivity index (χ1n) is 4.83. The van der Waals surface area contributed by atoms with Crippen LogP contribution in [0.5, 0.6) is 0 Å². The van der Waals surface area contributed by atoms with Crippen LogP contribution in [-0.4, -0.2) is 16.1 Å². The Bertz CT molecular complexity index is 505. The van der Waals surface area contributed by atoms with E-state index in [0.29, 0.717) is 11.3 Å². The summed E-state index contributed by atoms with van der Waals surface area (Å²) in [6.45, 7) is 1.89. The van der Waals surface area contributed by atoms with E-state index in [0.717, 1.165) is 11.3 Å². The van der Waals surface area contributed by atoms with Crippen LogP contribution in [0.1, 0.15) is 15.9 Å². The van der Waals surface area contributed by atoms with E-state index in [1.54, 1.807) is 18.3 Å². The fourth-order valence-electron chi connectivity index (χ4n) is 1.33. The maximum absolute atomic E-state index is 11.7. The highest BCUT2D eigenvalue weighted by molar-refractivity contribution is 6.04. The van der Waals surface area contributed by atoms with Crippen LogP contribution in [0, 0.1) is 6.92 Å². The van der Waals surface area contributed by atoms with Crippen LogP contribution in [0.4, 0.5) is 11.4 Å². The molecule has 0 aliphatic heterocycles. The molecule has 0 unspecified atom stereocenters. The third-order valence-electron chi connectivity index (χ3n) is 2.29. The van der Waals surface area contributed by atoms with E-state index in [4.69, 9.17) is 5.73 Å². The summed E-state index contributed by atoms with van der Waals surface area (Å²) in [5.74, 6) is -0.196. The van der Waals surface area contributed by atoms with Crippen LogP contribution in [0.3, 0.4) is 0 Å². The van der Waals surface area contributed by atoms with Crippen molar-refractivity contribution in [3.63, 3.8) is 0 Å². The zero-order valence-corrected chi connectivity index (χ0v) is 8.82. The zero-order valence-electron chi connectivity index (χ0n) is 8.82. The average Bonchev–Trinajstić information content (AvgIpc) is 2.77. The van der Waals surface area contributed by atoms with Gasteiger partial charge < -0.3 is 11.1 Å². The van der Waals surface area contributed by atoms with Crippen LogP contribution in [0.2, 0.25) is 0 Å². The van der Waals surface area contributed by atoms with Crippen molar-refractivity contribution in [1.29, 1.82) is 0 Å². The van der Waals surface area contributed by atoms with Gasteiger partial charge in [0.25, 0.3) is 5.91 Å². The van der Waals surface area contributed by atoms with Crippen molar-refractivity contribution >= 4 is 17.3 Å². The minimum atomic E-state index is -0.196. The van der Waals surface area contributed by atoms with Crippen molar-refractivity contribution in [2.45, 2.75) is 6.92 Å². The number of aromatic nitrogens is 2. The number of nitrogens with zero attached hydrogens (tertiary/aromatic N) is 1. The van der Waals surface area contributed by atoms with E-state index in [1.807, 2.05) is 13.0 Å². The van der Waals surface area contributed by atoms with Crippen LogP contribution < -0.4 is 11.1 Å². The summed E-state index contributed by atoms with van der Waals surface area (Å²) in [5, 5.41) is 9.05. The zero-order chi connectivity index (χ0) is 11.5. The first-order valence-corrected chi connectivity index (χ1v) is 4.83. The van der Waals surface area contributed by atoms with Gasteiger partial charge in [0, 0.05) is 17.6 Å². The average molecular weight is 216 g/mol. The summed E-state index contributed by atoms with van der Waals surface area (Å²) < 4.78 is 0. The SMILES string of the molecule is Cc1cc(NC(=O)c2cn[nH]c2)ccc1N. The number of carbonyl (C=O) groups excluding carboxylic acids is 1. The molecule has 2 rings (SSSR count). The number of hydrogen-bond donors (Lipinski definition) is 3. The second-order valence-electron chi connectivity index (χ2n) is 3.51. The van der Waals surface area contributed by atoms with Gasteiger partial charge in [-0.2, -0.15) is 5.10 Å². The molecule has 0 saturated carbocycles. The van der Waals surface area contributed by atoms with Crippen LogP contribution in [-0.2, 0) is 0 Å². The van der Waals surface area contributed by atoms with E-state index in [2.05, 4.69) is 15.5 Å². The van der Waals surface area contributed by atoms with Gasteiger partial charge in [-0.1, -0.05) is 0 Å². The van der Waals surface area contributed by atoms with Crippen molar-refractivity contribution in [3.05, 3.63) is 41.7 Å². The minimum absolute atomic E-state index is 0.196. The molecule has 1 heterocycles. The number of amides is 1. The number of nitrogens with one attached hydrogen (secondary N) is 2. The third kappa shape index (κ3) is 2.03. The highest BCUT2D eigenvalue weighted by Crippen LogP contribution is 2.17. The maximum Gasteiger partial charge on any atom is 0.258 e. The van der Waals surface area contributed by atoms with Crippen molar-refractivity contribution in [3.8, 4) is 0 Å². The lowest BCUT2D eigenvalue weighted by molar-refractivity contribution is 0.102. The van der Waals surface area contributed by atoms with Gasteiger partial charge >= 0.3 is 0 Å². The van der Waals surface area contributed by atoms with E-state index < -0.39 is 0 Å². The summed E-state index contributed by atoms with van der Waals surface area (Å²) in [6, 6.07) is 5.36. The number of hydrogen-bond acceptors (Lipinski definition) is 3. The van der Waals surface area contributed by atoms with Gasteiger partial charge in [-0.25, -0.2) is 0 Å². The number of nitrogens with two attached hydrogens (primary N) is 1. The molecule has 0 radical (unpaired) electrons. The van der Waals surface area contributed by atoms with Crippen molar-refractivity contribution in [2.24, 2.45) is 0 Å². The first-order chi connectivity index (χ1) is 7.66. The predicted octanol–water partition coefficient (Wildman–Crippen LogP) is 1.55. The number of benzene rings is 1. The Morgan fingerprint density at radius 1 is 1.50 bits per heavy atom. The van der Waals surface area contributed by atoms with E-state index in [9.17, 15) is 4.79 Å². The van der Waals surface area contributed by atoms with Gasteiger partial charge in [0.15, 0.2) is 0 Å². The molecule has 82 valence electrons. The fraction of sp³-hybridized carbons (Fsp3) is 0.0909. The fourth-order valence-corrected chi connectivity index (χ4v) is 1.33. The number of nitrogen functional groups attached to an aromatic ring is 1. The van der Waals surface area contributed by atoms with E-state index >= 15 is 0 Å². The molecule has 16 heavy (non-hydrogen) atoms. The molecule has 5 nitrogen and oxygen atoms in total. The standard InChI is InChI=1S/C11H12N4O/c1-7-4-9(2-3-10(7)12)15-11(16)8-5-13-14-6-8/h2-6H,12H2,1H3,(H,13,14)(H,15,16).